The van der Waals surface area contributed by atoms with Crippen molar-refractivity contribution in [1.29, 1.82) is 0 Å². The third-order valence-corrected chi connectivity index (χ3v) is 4.03. The Kier molecular flexibility index (Phi) is 5.57. The molecule has 2 N–H and O–H groups in total. The maximum absolute atomic E-state index is 5.74. The number of nitrogens with zero attached hydrogens (tertiary/aromatic N) is 2. The quantitative estimate of drug-likeness (QED) is 0.537. The number of fused-ring (bicyclic) bond motifs is 1. The highest BCUT2D eigenvalue weighted by atomic mass is 16.5. The van der Waals surface area contributed by atoms with Gasteiger partial charge in [0.1, 0.15) is 12.4 Å². The van der Waals surface area contributed by atoms with Gasteiger partial charge in [-0.1, -0.05) is 36.4 Å². The van der Waals surface area contributed by atoms with Gasteiger partial charge in [0, 0.05) is 25.3 Å². The molecule has 0 radical (unpaired) electrons. The zero-order chi connectivity index (χ0) is 17.5. The fourth-order valence-electron chi connectivity index (χ4n) is 2.71. The second kappa shape index (κ2) is 8.24. The van der Waals surface area contributed by atoms with Crippen LogP contribution in [0.5, 0.6) is 5.75 Å². The van der Waals surface area contributed by atoms with Crippen LogP contribution < -0.4 is 10.1 Å². The molecule has 0 atom stereocenters. The highest BCUT2D eigenvalue weighted by Gasteiger charge is 2.07. The van der Waals surface area contributed by atoms with Gasteiger partial charge in [0.05, 0.1) is 13.1 Å². The number of aromatic nitrogens is 1. The summed E-state index contributed by atoms with van der Waals surface area (Å²) < 4.78 is 5.74. The molecular weight excluding hydrogens is 312 g/mol. The summed E-state index contributed by atoms with van der Waals surface area (Å²) in [6.45, 7) is 2.06. The molecule has 3 rings (SSSR count). The number of benzene rings is 2. The molecule has 0 saturated heterocycles. The van der Waals surface area contributed by atoms with Crippen LogP contribution in [0.2, 0.25) is 0 Å². The van der Waals surface area contributed by atoms with E-state index < -0.39 is 0 Å². The van der Waals surface area contributed by atoms with Gasteiger partial charge >= 0.3 is 0 Å². The lowest BCUT2D eigenvalue weighted by Crippen LogP contribution is -2.40. The molecule has 25 heavy (non-hydrogen) atoms. The zero-order valence-corrected chi connectivity index (χ0v) is 14.7. The predicted octanol–water partition coefficient (Wildman–Crippen LogP) is 3.25. The first kappa shape index (κ1) is 16.9. The van der Waals surface area contributed by atoms with Crippen molar-refractivity contribution >= 4 is 16.9 Å². The largest absolute Gasteiger partial charge is 0.492 e. The van der Waals surface area contributed by atoms with Crippen molar-refractivity contribution in [2.45, 2.75) is 6.54 Å². The molecule has 2 aromatic carbocycles. The zero-order valence-electron chi connectivity index (χ0n) is 14.7. The van der Waals surface area contributed by atoms with Crippen molar-refractivity contribution in [3.8, 4) is 5.75 Å². The molecule has 0 bridgehead atoms. The Balaban J connectivity index is 1.49. The Labute approximate surface area is 148 Å². The molecular formula is C20H24N4O. The molecule has 5 heteroatoms. The van der Waals surface area contributed by atoms with E-state index in [1.165, 1.54) is 5.39 Å². The van der Waals surface area contributed by atoms with E-state index in [2.05, 4.69) is 38.4 Å². The van der Waals surface area contributed by atoms with Crippen molar-refractivity contribution in [2.75, 3.05) is 27.2 Å². The molecule has 3 aromatic rings. The average Bonchev–Trinajstić information content (AvgIpc) is 3.06. The first-order valence-corrected chi connectivity index (χ1v) is 8.42. The summed E-state index contributed by atoms with van der Waals surface area (Å²) in [5.41, 5.74) is 2.29. The molecule has 130 valence electrons. The third kappa shape index (κ3) is 4.53. The fourth-order valence-corrected chi connectivity index (χ4v) is 2.71. The molecule has 0 saturated carbocycles. The smallest absolute Gasteiger partial charge is 0.193 e. The normalized spacial score (nSPS) is 11.5. The van der Waals surface area contributed by atoms with Crippen molar-refractivity contribution < 1.29 is 4.74 Å². The van der Waals surface area contributed by atoms with Gasteiger partial charge < -0.3 is 19.9 Å². The summed E-state index contributed by atoms with van der Waals surface area (Å²) in [5, 5.41) is 4.61. The number of guanidine groups is 1. The van der Waals surface area contributed by atoms with Gasteiger partial charge in [-0.2, -0.15) is 0 Å². The van der Waals surface area contributed by atoms with Crippen LogP contribution >= 0.6 is 0 Å². The standard InChI is InChI=1S/C20H24N4O/c1-21-20(24(2)12-13-25-18-9-4-3-5-10-18)22-15-17-14-16-8-6-7-11-19(16)23-17/h3-11,14,23H,12-13,15H2,1-2H3,(H,21,22). The summed E-state index contributed by atoms with van der Waals surface area (Å²) in [5.74, 6) is 1.73. The lowest BCUT2D eigenvalue weighted by Gasteiger charge is -2.22. The Bertz CT molecular complexity index is 793. The molecule has 0 amide bonds. The van der Waals surface area contributed by atoms with Crippen LogP contribution in [0.3, 0.4) is 0 Å². The summed E-state index contributed by atoms with van der Waals surface area (Å²) in [7, 11) is 3.80. The van der Waals surface area contributed by atoms with Crippen LogP contribution in [0.25, 0.3) is 10.9 Å². The Morgan fingerprint density at radius 2 is 1.88 bits per heavy atom. The minimum absolute atomic E-state index is 0.605. The number of nitrogens with one attached hydrogen (secondary N) is 2. The molecule has 5 nitrogen and oxygen atoms in total. The second-order valence-corrected chi connectivity index (χ2v) is 5.87. The average molecular weight is 336 g/mol. The van der Waals surface area contributed by atoms with Gasteiger partial charge in [-0.05, 0) is 29.7 Å². The van der Waals surface area contributed by atoms with Crippen molar-refractivity contribution in [3.63, 3.8) is 0 Å². The number of rotatable bonds is 6. The van der Waals surface area contributed by atoms with E-state index in [1.807, 2.05) is 49.5 Å². The van der Waals surface area contributed by atoms with Crippen LogP contribution in [0.15, 0.2) is 65.7 Å². The van der Waals surface area contributed by atoms with Crippen LogP contribution in [0.1, 0.15) is 5.69 Å². The van der Waals surface area contributed by atoms with Crippen LogP contribution in [0, 0.1) is 0 Å². The number of H-pyrrole nitrogens is 1. The van der Waals surface area contributed by atoms with Crippen molar-refractivity contribution in [1.82, 2.24) is 15.2 Å². The van der Waals surface area contributed by atoms with E-state index in [0.29, 0.717) is 13.2 Å². The van der Waals surface area contributed by atoms with Crippen LogP contribution in [0.4, 0.5) is 0 Å². The molecule has 0 aliphatic rings. The van der Waals surface area contributed by atoms with Gasteiger partial charge in [0.15, 0.2) is 5.96 Å². The highest BCUT2D eigenvalue weighted by Crippen LogP contribution is 2.14. The van der Waals surface area contributed by atoms with E-state index >= 15 is 0 Å². The Morgan fingerprint density at radius 3 is 2.64 bits per heavy atom. The van der Waals surface area contributed by atoms with Crippen molar-refractivity contribution in [2.24, 2.45) is 4.99 Å². The van der Waals surface area contributed by atoms with Gasteiger partial charge in [0.2, 0.25) is 0 Å². The monoisotopic (exact) mass is 336 g/mol. The predicted molar refractivity (Wildman–Crippen MR) is 103 cm³/mol. The van der Waals surface area contributed by atoms with E-state index in [-0.39, 0.29) is 0 Å². The molecule has 0 spiro atoms. The third-order valence-electron chi connectivity index (χ3n) is 4.03. The molecule has 1 heterocycles. The summed E-state index contributed by atoms with van der Waals surface area (Å²) in [6, 6.07) is 20.3. The number of aliphatic imine (C=N–C) groups is 1. The molecule has 0 aliphatic carbocycles. The lowest BCUT2D eigenvalue weighted by molar-refractivity contribution is 0.281. The van der Waals surface area contributed by atoms with Gasteiger partial charge in [-0.25, -0.2) is 0 Å². The van der Waals surface area contributed by atoms with Gasteiger partial charge in [0.25, 0.3) is 0 Å². The Morgan fingerprint density at radius 1 is 1.12 bits per heavy atom. The summed E-state index contributed by atoms with van der Waals surface area (Å²) in [4.78, 5) is 9.82. The lowest BCUT2D eigenvalue weighted by atomic mass is 10.2. The molecule has 0 unspecified atom stereocenters. The van der Waals surface area contributed by atoms with Crippen molar-refractivity contribution in [3.05, 3.63) is 66.4 Å². The molecule has 0 aliphatic heterocycles. The van der Waals surface area contributed by atoms with Gasteiger partial charge in [-0.3, -0.25) is 4.99 Å². The summed E-state index contributed by atoms with van der Waals surface area (Å²) >= 11 is 0. The van der Waals surface area contributed by atoms with E-state index in [1.54, 1.807) is 7.05 Å². The van der Waals surface area contributed by atoms with Crippen LogP contribution in [-0.4, -0.2) is 43.1 Å². The minimum atomic E-state index is 0.605. The number of para-hydroxylation sites is 2. The Hall–Kier alpha value is -2.95. The molecule has 0 fully saturated rings. The number of hydrogen-bond donors (Lipinski definition) is 2. The topological polar surface area (TPSA) is 52.7 Å². The minimum Gasteiger partial charge on any atom is -0.492 e. The first-order chi connectivity index (χ1) is 12.3. The van der Waals surface area contributed by atoms with Gasteiger partial charge in [-0.15, -0.1) is 0 Å². The van der Waals surface area contributed by atoms with E-state index in [4.69, 9.17) is 4.74 Å². The van der Waals surface area contributed by atoms with Crippen LogP contribution in [-0.2, 0) is 6.54 Å². The first-order valence-electron chi connectivity index (χ1n) is 8.42. The summed E-state index contributed by atoms with van der Waals surface area (Å²) in [6.07, 6.45) is 0. The molecule has 1 aromatic heterocycles. The SMILES string of the molecule is CN=C(NCc1cc2ccccc2[nH]1)N(C)CCOc1ccccc1. The number of ether oxygens (including phenoxy) is 1. The second-order valence-electron chi connectivity index (χ2n) is 5.87. The number of aromatic amines is 1. The van der Waals surface area contributed by atoms with E-state index in [0.717, 1.165) is 29.5 Å². The maximum Gasteiger partial charge on any atom is 0.193 e. The highest BCUT2D eigenvalue weighted by molar-refractivity contribution is 5.81. The fraction of sp³-hybridized carbons (Fsp3) is 0.250. The number of likely N-dealkylation sites (N-methyl/N-ethyl adjacent to an activating group) is 1. The van der Waals surface area contributed by atoms with E-state index in [9.17, 15) is 0 Å². The maximum atomic E-state index is 5.74. The number of hydrogen-bond acceptors (Lipinski definition) is 2.